The molecule has 0 saturated carbocycles. The Labute approximate surface area is 115 Å². The molecule has 0 fully saturated rings. The number of imidazole rings is 1. The Balaban J connectivity index is 2.14. The molecule has 0 unspecified atom stereocenters. The number of rotatable bonds is 5. The molecule has 2 rings (SSSR count). The number of aromatic carboxylic acids is 1. The predicted octanol–water partition coefficient (Wildman–Crippen LogP) is 2.83. The maximum absolute atomic E-state index is 11.0. The van der Waals surface area contributed by atoms with Crippen LogP contribution in [0.25, 0.3) is 0 Å². The molecule has 19 heavy (non-hydrogen) atoms. The van der Waals surface area contributed by atoms with Gasteiger partial charge in [0, 0.05) is 11.6 Å². The molecule has 2 aromatic rings. The maximum atomic E-state index is 11.0. The molecule has 1 aromatic heterocycles. The highest BCUT2D eigenvalue weighted by Gasteiger charge is 2.14. The monoisotopic (exact) mass is 280 g/mol. The van der Waals surface area contributed by atoms with Gasteiger partial charge in [0.15, 0.2) is 0 Å². The van der Waals surface area contributed by atoms with Crippen LogP contribution in [0.15, 0.2) is 30.5 Å². The molecule has 0 spiro atoms. The first-order chi connectivity index (χ1) is 9.11. The minimum Gasteiger partial charge on any atom is -0.486 e. The van der Waals surface area contributed by atoms with Gasteiger partial charge in [0.05, 0.1) is 6.20 Å². The lowest BCUT2D eigenvalue weighted by molar-refractivity contribution is 0.0684. The molecule has 100 valence electrons. The van der Waals surface area contributed by atoms with Crippen LogP contribution in [-0.2, 0) is 13.2 Å². The van der Waals surface area contributed by atoms with E-state index in [-0.39, 0.29) is 12.3 Å². The molecule has 0 aliphatic heterocycles. The van der Waals surface area contributed by atoms with E-state index in [2.05, 4.69) is 4.98 Å². The lowest BCUT2D eigenvalue weighted by Crippen LogP contribution is -2.11. The summed E-state index contributed by atoms with van der Waals surface area (Å²) in [5.74, 6) is 0.193. The molecular formula is C13H13ClN2O3. The highest BCUT2D eigenvalue weighted by Crippen LogP contribution is 2.18. The van der Waals surface area contributed by atoms with E-state index in [1.807, 2.05) is 6.92 Å². The fourth-order valence-corrected chi connectivity index (χ4v) is 1.94. The number of nitrogens with zero attached hydrogens (tertiary/aromatic N) is 2. The van der Waals surface area contributed by atoms with Crippen LogP contribution in [0.2, 0.25) is 5.02 Å². The van der Waals surface area contributed by atoms with Crippen molar-refractivity contribution in [1.29, 1.82) is 0 Å². The number of aromatic nitrogens is 2. The molecule has 0 aliphatic carbocycles. The van der Waals surface area contributed by atoms with Crippen LogP contribution in [-0.4, -0.2) is 20.6 Å². The van der Waals surface area contributed by atoms with Crippen molar-refractivity contribution in [3.8, 4) is 5.75 Å². The van der Waals surface area contributed by atoms with Gasteiger partial charge >= 0.3 is 5.97 Å². The lowest BCUT2D eigenvalue weighted by Gasteiger charge is -2.09. The molecule has 0 bridgehead atoms. The zero-order chi connectivity index (χ0) is 13.8. The second-order valence-corrected chi connectivity index (χ2v) is 4.29. The summed E-state index contributed by atoms with van der Waals surface area (Å²) in [4.78, 5) is 15.1. The van der Waals surface area contributed by atoms with E-state index < -0.39 is 5.97 Å². The van der Waals surface area contributed by atoms with E-state index in [0.29, 0.717) is 23.1 Å². The first-order valence-corrected chi connectivity index (χ1v) is 6.15. The largest absolute Gasteiger partial charge is 0.486 e. The van der Waals surface area contributed by atoms with Gasteiger partial charge in [-0.15, -0.1) is 0 Å². The molecule has 1 aromatic carbocycles. The first-order valence-electron chi connectivity index (χ1n) is 5.78. The first kappa shape index (κ1) is 13.4. The van der Waals surface area contributed by atoms with Gasteiger partial charge in [0.1, 0.15) is 23.9 Å². The fourth-order valence-electron chi connectivity index (χ4n) is 1.76. The standard InChI is InChI=1S/C13H13ClN2O3/c1-2-16-11(13(17)18)7-15-12(16)8-19-10-5-3-4-9(14)6-10/h3-7H,2,8H2,1H3,(H,17,18). The van der Waals surface area contributed by atoms with Crippen molar-refractivity contribution < 1.29 is 14.6 Å². The van der Waals surface area contributed by atoms with Gasteiger partial charge < -0.3 is 14.4 Å². The summed E-state index contributed by atoms with van der Waals surface area (Å²) < 4.78 is 7.15. The van der Waals surface area contributed by atoms with Gasteiger partial charge in [-0.25, -0.2) is 9.78 Å². The number of carboxylic acids is 1. The molecule has 0 amide bonds. The molecule has 6 heteroatoms. The van der Waals surface area contributed by atoms with Gasteiger partial charge in [-0.05, 0) is 25.1 Å². The summed E-state index contributed by atoms with van der Waals surface area (Å²) in [6.45, 7) is 2.58. The van der Waals surface area contributed by atoms with Crippen molar-refractivity contribution in [3.05, 3.63) is 47.0 Å². The smallest absolute Gasteiger partial charge is 0.354 e. The lowest BCUT2D eigenvalue weighted by atomic mass is 10.3. The predicted molar refractivity (Wildman–Crippen MR) is 70.6 cm³/mol. The zero-order valence-corrected chi connectivity index (χ0v) is 11.1. The molecule has 0 aliphatic rings. The topological polar surface area (TPSA) is 64.4 Å². The van der Waals surface area contributed by atoms with Crippen molar-refractivity contribution in [2.75, 3.05) is 0 Å². The third-order valence-corrected chi connectivity index (χ3v) is 2.87. The third-order valence-electron chi connectivity index (χ3n) is 2.64. The Bertz CT molecular complexity index is 595. The minimum atomic E-state index is -0.997. The van der Waals surface area contributed by atoms with Crippen LogP contribution in [0.1, 0.15) is 23.2 Å². The van der Waals surface area contributed by atoms with Crippen molar-refractivity contribution >= 4 is 17.6 Å². The summed E-state index contributed by atoms with van der Waals surface area (Å²) in [6.07, 6.45) is 1.34. The molecule has 0 radical (unpaired) electrons. The summed E-state index contributed by atoms with van der Waals surface area (Å²) in [5.41, 5.74) is 0.159. The fraction of sp³-hybridized carbons (Fsp3) is 0.231. The minimum absolute atomic E-state index is 0.159. The van der Waals surface area contributed by atoms with Crippen LogP contribution in [0.5, 0.6) is 5.75 Å². The second-order valence-electron chi connectivity index (χ2n) is 3.86. The third kappa shape index (κ3) is 3.06. The number of carboxylic acid groups (broad SMARTS) is 1. The summed E-state index contributed by atoms with van der Waals surface area (Å²) >= 11 is 5.85. The quantitative estimate of drug-likeness (QED) is 0.915. The number of ether oxygens (including phenoxy) is 1. The highest BCUT2D eigenvalue weighted by atomic mass is 35.5. The molecule has 1 N–H and O–H groups in total. The van der Waals surface area contributed by atoms with E-state index >= 15 is 0 Å². The van der Waals surface area contributed by atoms with E-state index in [1.165, 1.54) is 6.20 Å². The number of carbonyl (C=O) groups is 1. The molecular weight excluding hydrogens is 268 g/mol. The number of hydrogen-bond donors (Lipinski definition) is 1. The Morgan fingerprint density at radius 1 is 1.53 bits per heavy atom. The van der Waals surface area contributed by atoms with Gasteiger partial charge in [0.2, 0.25) is 0 Å². The van der Waals surface area contributed by atoms with Gasteiger partial charge in [-0.3, -0.25) is 0 Å². The summed E-state index contributed by atoms with van der Waals surface area (Å²) in [6, 6.07) is 7.01. The molecule has 1 heterocycles. The van der Waals surface area contributed by atoms with Crippen LogP contribution < -0.4 is 4.74 Å². The zero-order valence-electron chi connectivity index (χ0n) is 10.3. The van der Waals surface area contributed by atoms with Crippen molar-refractivity contribution in [1.82, 2.24) is 9.55 Å². The van der Waals surface area contributed by atoms with E-state index in [1.54, 1.807) is 28.8 Å². The van der Waals surface area contributed by atoms with Gasteiger partial charge in [0.25, 0.3) is 0 Å². The number of halogens is 1. The SMILES string of the molecule is CCn1c(C(=O)O)cnc1COc1cccc(Cl)c1. The molecule has 0 saturated heterocycles. The van der Waals surface area contributed by atoms with E-state index in [0.717, 1.165) is 0 Å². The summed E-state index contributed by atoms with van der Waals surface area (Å²) in [5, 5.41) is 9.60. The number of hydrogen-bond acceptors (Lipinski definition) is 3. The Kier molecular flexibility index (Phi) is 4.06. The Hall–Kier alpha value is -2.01. The number of benzene rings is 1. The normalized spacial score (nSPS) is 10.4. The van der Waals surface area contributed by atoms with Crippen LogP contribution in [0, 0.1) is 0 Å². The summed E-state index contributed by atoms with van der Waals surface area (Å²) in [7, 11) is 0. The maximum Gasteiger partial charge on any atom is 0.354 e. The highest BCUT2D eigenvalue weighted by molar-refractivity contribution is 6.30. The van der Waals surface area contributed by atoms with Crippen molar-refractivity contribution in [2.45, 2.75) is 20.1 Å². The molecule has 0 atom stereocenters. The average Bonchev–Trinajstić information content (AvgIpc) is 2.79. The average molecular weight is 281 g/mol. The Morgan fingerprint density at radius 3 is 2.95 bits per heavy atom. The van der Waals surface area contributed by atoms with Crippen LogP contribution in [0.4, 0.5) is 0 Å². The van der Waals surface area contributed by atoms with E-state index in [9.17, 15) is 4.79 Å². The van der Waals surface area contributed by atoms with Crippen molar-refractivity contribution in [2.24, 2.45) is 0 Å². The second kappa shape index (κ2) is 5.75. The van der Waals surface area contributed by atoms with Crippen LogP contribution >= 0.6 is 11.6 Å². The Morgan fingerprint density at radius 2 is 2.32 bits per heavy atom. The van der Waals surface area contributed by atoms with Gasteiger partial charge in [-0.2, -0.15) is 0 Å². The van der Waals surface area contributed by atoms with E-state index in [4.69, 9.17) is 21.4 Å². The van der Waals surface area contributed by atoms with Crippen molar-refractivity contribution in [3.63, 3.8) is 0 Å². The molecule has 5 nitrogen and oxygen atoms in total. The van der Waals surface area contributed by atoms with Gasteiger partial charge in [-0.1, -0.05) is 17.7 Å². The van der Waals surface area contributed by atoms with Crippen LogP contribution in [0.3, 0.4) is 0 Å².